The van der Waals surface area contributed by atoms with Crippen molar-refractivity contribution in [1.29, 1.82) is 0 Å². The maximum Gasteiger partial charge on any atom is -0.00260 e. The summed E-state index contributed by atoms with van der Waals surface area (Å²) in [6, 6.07) is 67.9. The third-order valence-corrected chi connectivity index (χ3v) is 11.5. The largest absolute Gasteiger partial charge is 0.0622 e. The van der Waals surface area contributed by atoms with E-state index in [1.165, 1.54) is 99.1 Å². The van der Waals surface area contributed by atoms with E-state index in [4.69, 9.17) is 0 Å². The summed E-state index contributed by atoms with van der Waals surface area (Å²) >= 11 is 0. The summed E-state index contributed by atoms with van der Waals surface area (Å²) in [5.41, 5.74) is 15.2. The lowest BCUT2D eigenvalue weighted by atomic mass is 9.80. The van der Waals surface area contributed by atoms with Crippen LogP contribution in [0, 0.1) is 0 Å². The van der Waals surface area contributed by atoms with Gasteiger partial charge in [-0.15, -0.1) is 0 Å². The highest BCUT2D eigenvalue weighted by Crippen LogP contribution is 2.46. The molecule has 0 amide bonds. The summed E-state index contributed by atoms with van der Waals surface area (Å²) in [5, 5.41) is 7.62. The normalized spacial score (nSPS) is 12.1. The van der Waals surface area contributed by atoms with E-state index >= 15 is 0 Å². The number of hydrogen-bond acceptors (Lipinski definition) is 0. The Hall–Kier alpha value is -6.24. The van der Waals surface area contributed by atoms with Crippen molar-refractivity contribution in [2.24, 2.45) is 0 Å². The summed E-state index contributed by atoms with van der Waals surface area (Å²) in [4.78, 5) is 0. The van der Waals surface area contributed by atoms with Crippen molar-refractivity contribution in [3.63, 3.8) is 0 Å². The first-order valence-electron chi connectivity index (χ1n) is 19.9. The van der Waals surface area contributed by atoms with E-state index in [2.05, 4.69) is 224 Å². The lowest BCUT2D eigenvalue weighted by Gasteiger charge is -2.23. The Labute approximate surface area is 332 Å². The van der Waals surface area contributed by atoms with Crippen LogP contribution in [0.5, 0.6) is 0 Å². The van der Waals surface area contributed by atoms with Crippen LogP contribution in [0.4, 0.5) is 0 Å². The summed E-state index contributed by atoms with van der Waals surface area (Å²) in [6.07, 6.45) is 0. The van der Waals surface area contributed by atoms with Crippen LogP contribution in [0.1, 0.15) is 52.7 Å². The van der Waals surface area contributed by atoms with E-state index in [1.54, 1.807) is 0 Å². The fourth-order valence-electron chi connectivity index (χ4n) is 8.37. The minimum Gasteiger partial charge on any atom is -0.0622 e. The monoisotopic (exact) mass is 720 g/mol. The molecule has 0 unspecified atom stereocenters. The Morgan fingerprint density at radius 1 is 0.250 bits per heavy atom. The second kappa shape index (κ2) is 13.8. The second-order valence-electron chi connectivity index (χ2n) is 17.4. The van der Waals surface area contributed by atoms with Gasteiger partial charge in [-0.3, -0.25) is 0 Å². The molecule has 0 saturated carbocycles. The maximum atomic E-state index is 2.46. The van der Waals surface area contributed by atoms with Gasteiger partial charge < -0.3 is 0 Å². The highest BCUT2D eigenvalue weighted by atomic mass is 14.3. The van der Waals surface area contributed by atoms with Crippen molar-refractivity contribution >= 4 is 32.3 Å². The van der Waals surface area contributed by atoms with E-state index in [9.17, 15) is 0 Å². The maximum absolute atomic E-state index is 2.46. The number of benzene rings is 9. The molecule has 0 saturated heterocycles. The van der Waals surface area contributed by atoms with Gasteiger partial charge in [0, 0.05) is 0 Å². The Bertz CT molecular complexity index is 2820. The lowest BCUT2D eigenvalue weighted by molar-refractivity contribution is 0.590. The fraction of sp³-hybridized carbons (Fsp3) is 0.143. The van der Waals surface area contributed by atoms with Gasteiger partial charge in [-0.2, -0.15) is 0 Å². The summed E-state index contributed by atoms with van der Waals surface area (Å²) in [6.45, 7) is 13.8. The van der Waals surface area contributed by atoms with Crippen molar-refractivity contribution in [3.05, 3.63) is 193 Å². The van der Waals surface area contributed by atoms with Crippen LogP contribution < -0.4 is 0 Å². The van der Waals surface area contributed by atoms with Gasteiger partial charge in [-0.25, -0.2) is 0 Å². The molecular weight excluding hydrogens is 673 g/mol. The highest BCUT2D eigenvalue weighted by molar-refractivity contribution is 6.22. The van der Waals surface area contributed by atoms with Gasteiger partial charge in [-0.1, -0.05) is 187 Å². The average Bonchev–Trinajstić information content (AvgIpc) is 3.22. The van der Waals surface area contributed by atoms with Gasteiger partial charge in [0.25, 0.3) is 0 Å². The minimum absolute atomic E-state index is 0.0175. The highest BCUT2D eigenvalue weighted by Gasteiger charge is 2.21. The summed E-state index contributed by atoms with van der Waals surface area (Å²) < 4.78 is 0. The molecule has 0 heterocycles. The number of fused-ring (bicyclic) bond motifs is 3. The van der Waals surface area contributed by atoms with E-state index < -0.39 is 0 Å². The van der Waals surface area contributed by atoms with Gasteiger partial charge in [0.15, 0.2) is 0 Å². The molecule has 272 valence electrons. The molecule has 0 spiro atoms. The van der Waals surface area contributed by atoms with Crippen LogP contribution in [0.25, 0.3) is 88.0 Å². The molecule has 9 aromatic carbocycles. The van der Waals surface area contributed by atoms with Crippen molar-refractivity contribution in [1.82, 2.24) is 0 Å². The van der Waals surface area contributed by atoms with Crippen LogP contribution in [-0.4, -0.2) is 0 Å². The third-order valence-electron chi connectivity index (χ3n) is 11.5. The first-order chi connectivity index (χ1) is 27.0. The fourth-order valence-corrected chi connectivity index (χ4v) is 8.37. The van der Waals surface area contributed by atoms with Crippen molar-refractivity contribution in [2.75, 3.05) is 0 Å². The second-order valence-corrected chi connectivity index (χ2v) is 17.4. The number of hydrogen-bond donors (Lipinski definition) is 0. The van der Waals surface area contributed by atoms with E-state index in [1.807, 2.05) is 0 Å². The zero-order chi connectivity index (χ0) is 38.6. The lowest BCUT2D eigenvalue weighted by Crippen LogP contribution is -2.11. The van der Waals surface area contributed by atoms with Gasteiger partial charge in [0.05, 0.1) is 0 Å². The first kappa shape index (κ1) is 35.5. The Morgan fingerprint density at radius 2 is 0.661 bits per heavy atom. The molecule has 56 heavy (non-hydrogen) atoms. The molecule has 0 aliphatic rings. The molecule has 0 nitrogen and oxygen atoms in total. The molecule has 0 aromatic heterocycles. The van der Waals surface area contributed by atoms with Crippen molar-refractivity contribution < 1.29 is 0 Å². The van der Waals surface area contributed by atoms with Gasteiger partial charge in [0.2, 0.25) is 0 Å². The molecule has 0 atom stereocenters. The Morgan fingerprint density at radius 3 is 1.20 bits per heavy atom. The minimum atomic E-state index is 0.0175. The molecule has 0 heteroatoms. The molecule has 0 fully saturated rings. The van der Waals surface area contributed by atoms with Crippen molar-refractivity contribution in [3.8, 4) is 55.6 Å². The van der Waals surface area contributed by atoms with Crippen molar-refractivity contribution in [2.45, 2.75) is 52.4 Å². The average molecular weight is 721 g/mol. The Kier molecular flexibility index (Phi) is 8.74. The number of rotatable bonds is 5. The van der Waals surface area contributed by atoms with E-state index in [-0.39, 0.29) is 10.8 Å². The molecular formula is C56H48. The van der Waals surface area contributed by atoms with Crippen LogP contribution in [0.2, 0.25) is 0 Å². The summed E-state index contributed by atoms with van der Waals surface area (Å²) in [7, 11) is 0. The topological polar surface area (TPSA) is 0 Å². The van der Waals surface area contributed by atoms with E-state index in [0.717, 1.165) is 0 Å². The predicted molar refractivity (Wildman–Crippen MR) is 244 cm³/mol. The third kappa shape index (κ3) is 6.60. The van der Waals surface area contributed by atoms with Gasteiger partial charge >= 0.3 is 0 Å². The van der Waals surface area contributed by atoms with Gasteiger partial charge in [-0.05, 0) is 146 Å². The first-order valence-corrected chi connectivity index (χ1v) is 19.9. The molecule has 0 radical (unpaired) electrons. The molecule has 0 aliphatic carbocycles. The molecule has 9 rings (SSSR count). The van der Waals surface area contributed by atoms with Crippen LogP contribution >= 0.6 is 0 Å². The standard InChI is InChI=1S/C56H48/c1-55(2,3)47-27-25-39(26-28-47)53-49-19-13-14-20-50(49)54(52-36-48(56(4,5)6)29-30-51(52)53)43-24-23-40-31-42(22-21-41(40)32-43)46-34-44(37-15-9-7-10-16-37)33-45(35-46)38-17-11-8-12-18-38/h7-36H,1-6H3. The smallest absolute Gasteiger partial charge is 0.00260 e. The zero-order valence-corrected chi connectivity index (χ0v) is 33.3. The van der Waals surface area contributed by atoms with Crippen LogP contribution in [-0.2, 0) is 10.8 Å². The Balaban J connectivity index is 1.22. The van der Waals surface area contributed by atoms with Crippen LogP contribution in [0.15, 0.2) is 182 Å². The quantitative estimate of drug-likeness (QED) is 0.155. The molecule has 0 N–H and O–H groups in total. The van der Waals surface area contributed by atoms with Gasteiger partial charge in [0.1, 0.15) is 0 Å². The molecule has 0 bridgehead atoms. The van der Waals surface area contributed by atoms with Crippen LogP contribution in [0.3, 0.4) is 0 Å². The predicted octanol–water partition coefficient (Wildman–Crippen LogP) is 16.1. The molecule has 0 aliphatic heterocycles. The SMILES string of the molecule is CC(C)(C)c1ccc(-c2c3ccccc3c(-c3ccc4cc(-c5cc(-c6ccccc6)cc(-c6ccccc6)c5)ccc4c3)c3cc(C(C)(C)C)ccc23)cc1. The molecule has 9 aromatic rings. The van der Waals surface area contributed by atoms with E-state index in [0.29, 0.717) is 0 Å². The summed E-state index contributed by atoms with van der Waals surface area (Å²) in [5.74, 6) is 0. The zero-order valence-electron chi connectivity index (χ0n) is 33.3.